The minimum absolute atomic E-state index is 0.300. The maximum Gasteiger partial charge on any atom is 0.252 e. The van der Waals surface area contributed by atoms with E-state index in [1.165, 1.54) is 18.2 Å². The highest BCUT2D eigenvalue weighted by molar-refractivity contribution is 6.67. The number of rotatable bonds is 2. The molecule has 1 heterocycles. The molecule has 0 saturated carbocycles. The monoisotopic (exact) mass is 275 g/mol. The number of fused-ring (bicyclic) bond motifs is 1. The van der Waals surface area contributed by atoms with Crippen LogP contribution in [0, 0.1) is 5.82 Å². The molecule has 0 atom stereocenters. The van der Waals surface area contributed by atoms with Gasteiger partial charge >= 0.3 is 0 Å². The Morgan fingerprint density at radius 1 is 1.21 bits per heavy atom. The molecule has 19 heavy (non-hydrogen) atoms. The SMILES string of the molecule is O=C(Cl)c1ccc2oc(-c3cccc(F)c3)nc2c1. The Balaban J connectivity index is 2.14. The van der Waals surface area contributed by atoms with Gasteiger partial charge in [0.2, 0.25) is 5.89 Å². The second-order valence-corrected chi connectivity index (χ2v) is 4.33. The third-order valence-corrected chi connectivity index (χ3v) is 2.90. The van der Waals surface area contributed by atoms with Crippen LogP contribution in [0.2, 0.25) is 0 Å². The lowest BCUT2D eigenvalue weighted by atomic mass is 10.2. The molecule has 0 aliphatic carbocycles. The first-order valence-corrected chi connectivity index (χ1v) is 5.87. The molecule has 2 aromatic carbocycles. The molecule has 0 aliphatic rings. The maximum atomic E-state index is 13.1. The van der Waals surface area contributed by atoms with Gasteiger partial charge in [-0.15, -0.1) is 0 Å². The average molecular weight is 276 g/mol. The molecule has 1 aromatic heterocycles. The Bertz CT molecular complexity index is 782. The summed E-state index contributed by atoms with van der Waals surface area (Å²) in [5.41, 5.74) is 1.90. The lowest BCUT2D eigenvalue weighted by Gasteiger charge is -1.93. The number of carbonyl (C=O) groups excluding carboxylic acids is 1. The number of oxazole rings is 1. The predicted molar refractivity (Wildman–Crippen MR) is 69.6 cm³/mol. The second kappa shape index (κ2) is 4.48. The topological polar surface area (TPSA) is 43.1 Å². The fraction of sp³-hybridized carbons (Fsp3) is 0. The molecule has 5 heteroatoms. The molecule has 0 unspecified atom stereocenters. The van der Waals surface area contributed by atoms with E-state index in [0.717, 1.165) is 0 Å². The van der Waals surface area contributed by atoms with Gasteiger partial charge in [0.25, 0.3) is 5.24 Å². The van der Waals surface area contributed by atoms with Crippen molar-refractivity contribution < 1.29 is 13.6 Å². The van der Waals surface area contributed by atoms with Crippen molar-refractivity contribution in [3.05, 3.63) is 53.8 Å². The third kappa shape index (κ3) is 2.22. The van der Waals surface area contributed by atoms with Crippen LogP contribution >= 0.6 is 11.6 Å². The first-order valence-electron chi connectivity index (χ1n) is 5.50. The summed E-state index contributed by atoms with van der Waals surface area (Å²) in [6.45, 7) is 0. The van der Waals surface area contributed by atoms with Gasteiger partial charge in [-0.05, 0) is 48.0 Å². The minimum atomic E-state index is -0.558. The van der Waals surface area contributed by atoms with E-state index >= 15 is 0 Å². The Morgan fingerprint density at radius 3 is 2.79 bits per heavy atom. The average Bonchev–Trinajstić information content (AvgIpc) is 2.81. The van der Waals surface area contributed by atoms with E-state index in [1.54, 1.807) is 24.3 Å². The van der Waals surface area contributed by atoms with Crippen molar-refractivity contribution in [1.82, 2.24) is 4.98 Å². The number of carbonyl (C=O) groups is 1. The number of nitrogens with zero attached hydrogens (tertiary/aromatic N) is 1. The lowest BCUT2D eigenvalue weighted by Crippen LogP contribution is -1.86. The Kier molecular flexibility index (Phi) is 2.80. The molecule has 3 rings (SSSR count). The van der Waals surface area contributed by atoms with Crippen LogP contribution in [-0.4, -0.2) is 10.2 Å². The summed E-state index contributed by atoms with van der Waals surface area (Å²) in [7, 11) is 0. The Morgan fingerprint density at radius 2 is 2.05 bits per heavy atom. The molecule has 94 valence electrons. The van der Waals surface area contributed by atoms with Crippen molar-refractivity contribution in [2.24, 2.45) is 0 Å². The number of hydrogen-bond acceptors (Lipinski definition) is 3. The van der Waals surface area contributed by atoms with Crippen LogP contribution in [0.4, 0.5) is 4.39 Å². The molecule has 0 saturated heterocycles. The van der Waals surface area contributed by atoms with Gasteiger partial charge in [-0.1, -0.05) is 6.07 Å². The van der Waals surface area contributed by atoms with Crippen LogP contribution in [0.25, 0.3) is 22.6 Å². The van der Waals surface area contributed by atoms with Crippen molar-refractivity contribution in [2.75, 3.05) is 0 Å². The fourth-order valence-electron chi connectivity index (χ4n) is 1.79. The largest absolute Gasteiger partial charge is 0.436 e. The standard InChI is InChI=1S/C14H7ClFNO2/c15-13(18)8-4-5-12-11(7-8)17-14(19-12)9-2-1-3-10(16)6-9/h1-7H. The van der Waals surface area contributed by atoms with Crippen LogP contribution in [-0.2, 0) is 0 Å². The summed E-state index contributed by atoms with van der Waals surface area (Å²) < 4.78 is 18.7. The van der Waals surface area contributed by atoms with E-state index < -0.39 is 5.24 Å². The highest BCUT2D eigenvalue weighted by atomic mass is 35.5. The molecular formula is C14H7ClFNO2. The van der Waals surface area contributed by atoms with E-state index in [4.69, 9.17) is 16.0 Å². The minimum Gasteiger partial charge on any atom is -0.436 e. The summed E-state index contributed by atoms with van der Waals surface area (Å²) in [6, 6.07) is 10.7. The van der Waals surface area contributed by atoms with E-state index in [2.05, 4.69) is 4.98 Å². The zero-order valence-corrected chi connectivity index (χ0v) is 10.3. The summed E-state index contributed by atoms with van der Waals surface area (Å²) in [5.74, 6) is -0.0648. The molecule has 3 aromatic rings. The molecule has 0 amide bonds. The van der Waals surface area contributed by atoms with Crippen molar-refractivity contribution >= 4 is 27.9 Å². The van der Waals surface area contributed by atoms with Gasteiger partial charge in [0.05, 0.1) is 0 Å². The van der Waals surface area contributed by atoms with Crippen LogP contribution in [0.3, 0.4) is 0 Å². The van der Waals surface area contributed by atoms with Gasteiger partial charge in [-0.25, -0.2) is 9.37 Å². The third-order valence-electron chi connectivity index (χ3n) is 2.69. The Labute approximate surface area is 112 Å². The van der Waals surface area contributed by atoms with Gasteiger partial charge in [0.1, 0.15) is 11.3 Å². The molecule has 0 bridgehead atoms. The normalized spacial score (nSPS) is 10.8. The first kappa shape index (κ1) is 11.9. The molecule has 3 nitrogen and oxygen atoms in total. The zero-order valence-electron chi connectivity index (χ0n) is 9.56. The molecule has 0 spiro atoms. The summed E-state index contributed by atoms with van der Waals surface area (Å²) in [4.78, 5) is 15.3. The van der Waals surface area contributed by atoms with E-state index in [0.29, 0.717) is 28.1 Å². The molecule has 0 fully saturated rings. The molecule has 0 N–H and O–H groups in total. The summed E-state index contributed by atoms with van der Waals surface area (Å²) in [6.07, 6.45) is 0. The highest BCUT2D eigenvalue weighted by Crippen LogP contribution is 2.25. The quantitative estimate of drug-likeness (QED) is 0.664. The van der Waals surface area contributed by atoms with Gasteiger partial charge in [0, 0.05) is 11.1 Å². The van der Waals surface area contributed by atoms with E-state index in [-0.39, 0.29) is 5.82 Å². The Hall–Kier alpha value is -2.20. The van der Waals surface area contributed by atoms with Crippen molar-refractivity contribution in [3.63, 3.8) is 0 Å². The van der Waals surface area contributed by atoms with Crippen LogP contribution in [0.5, 0.6) is 0 Å². The van der Waals surface area contributed by atoms with Gasteiger partial charge in [-0.2, -0.15) is 0 Å². The molecular weight excluding hydrogens is 269 g/mol. The second-order valence-electron chi connectivity index (χ2n) is 3.99. The lowest BCUT2D eigenvalue weighted by molar-refractivity contribution is 0.108. The summed E-state index contributed by atoms with van der Waals surface area (Å²) in [5, 5.41) is -0.558. The first-order chi connectivity index (χ1) is 9.13. The highest BCUT2D eigenvalue weighted by Gasteiger charge is 2.11. The van der Waals surface area contributed by atoms with E-state index in [1.807, 2.05) is 0 Å². The van der Waals surface area contributed by atoms with E-state index in [9.17, 15) is 9.18 Å². The zero-order chi connectivity index (χ0) is 13.4. The number of hydrogen-bond donors (Lipinski definition) is 0. The van der Waals surface area contributed by atoms with Crippen LogP contribution < -0.4 is 0 Å². The smallest absolute Gasteiger partial charge is 0.252 e. The van der Waals surface area contributed by atoms with Gasteiger partial charge < -0.3 is 4.42 Å². The van der Waals surface area contributed by atoms with Crippen molar-refractivity contribution in [1.29, 1.82) is 0 Å². The number of benzene rings is 2. The van der Waals surface area contributed by atoms with Crippen LogP contribution in [0.15, 0.2) is 46.9 Å². The van der Waals surface area contributed by atoms with Crippen LogP contribution in [0.1, 0.15) is 10.4 Å². The van der Waals surface area contributed by atoms with Gasteiger partial charge in [0.15, 0.2) is 5.58 Å². The fourth-order valence-corrected chi connectivity index (χ4v) is 1.91. The van der Waals surface area contributed by atoms with Gasteiger partial charge in [-0.3, -0.25) is 4.79 Å². The maximum absolute atomic E-state index is 13.1. The summed E-state index contributed by atoms with van der Waals surface area (Å²) >= 11 is 5.40. The number of aromatic nitrogens is 1. The molecule has 0 aliphatic heterocycles. The number of halogens is 2. The van der Waals surface area contributed by atoms with Crippen molar-refractivity contribution in [3.8, 4) is 11.5 Å². The molecule has 0 radical (unpaired) electrons. The predicted octanol–water partition coefficient (Wildman–Crippen LogP) is 4.01. The van der Waals surface area contributed by atoms with Crippen molar-refractivity contribution in [2.45, 2.75) is 0 Å².